The molecule has 1 aromatic heterocycles. The van der Waals surface area contributed by atoms with Crippen molar-refractivity contribution in [3.63, 3.8) is 0 Å². The molecule has 6 heteroatoms. The minimum Gasteiger partial charge on any atom is -0.391 e. The maximum Gasteiger partial charge on any atom is 0.274 e. The lowest BCUT2D eigenvalue weighted by Crippen LogP contribution is -2.40. The third-order valence-electron chi connectivity index (χ3n) is 3.99. The Kier molecular flexibility index (Phi) is 5.08. The van der Waals surface area contributed by atoms with Crippen molar-refractivity contribution in [3.05, 3.63) is 40.3 Å². The highest BCUT2D eigenvalue weighted by molar-refractivity contribution is 6.04. The fourth-order valence-corrected chi connectivity index (χ4v) is 2.30. The molecule has 0 aliphatic rings. The van der Waals surface area contributed by atoms with Crippen molar-refractivity contribution in [1.82, 2.24) is 15.1 Å². The van der Waals surface area contributed by atoms with Gasteiger partial charge in [-0.15, -0.1) is 0 Å². The van der Waals surface area contributed by atoms with Crippen molar-refractivity contribution in [2.24, 2.45) is 5.41 Å². The molecule has 2 rings (SSSR count). The van der Waals surface area contributed by atoms with Crippen molar-refractivity contribution < 1.29 is 9.90 Å². The van der Waals surface area contributed by atoms with Crippen LogP contribution in [0.4, 0.5) is 0 Å². The molecule has 0 radical (unpaired) electrons. The number of hydrogen-bond acceptors (Lipinski definition) is 4. The summed E-state index contributed by atoms with van der Waals surface area (Å²) in [7, 11) is 0. The summed E-state index contributed by atoms with van der Waals surface area (Å²) in [5.41, 5.74) is -0.355. The zero-order valence-electron chi connectivity index (χ0n) is 14.8. The first-order valence-corrected chi connectivity index (χ1v) is 8.10. The van der Waals surface area contributed by atoms with E-state index in [2.05, 4.69) is 10.4 Å². The van der Waals surface area contributed by atoms with E-state index in [-0.39, 0.29) is 29.3 Å². The van der Waals surface area contributed by atoms with E-state index in [4.69, 9.17) is 0 Å². The quantitative estimate of drug-likeness (QED) is 0.899. The van der Waals surface area contributed by atoms with Crippen molar-refractivity contribution in [3.8, 4) is 0 Å². The predicted molar refractivity (Wildman–Crippen MR) is 94.2 cm³/mol. The summed E-state index contributed by atoms with van der Waals surface area (Å²) in [5, 5.41) is 18.0. The Morgan fingerprint density at radius 1 is 1.25 bits per heavy atom. The molecule has 130 valence electrons. The Hall–Kier alpha value is -2.21. The maximum absolute atomic E-state index is 12.6. The zero-order valence-corrected chi connectivity index (χ0v) is 14.8. The van der Waals surface area contributed by atoms with E-state index >= 15 is 0 Å². The Balaban J connectivity index is 2.42. The molecule has 0 aliphatic carbocycles. The van der Waals surface area contributed by atoms with Crippen LogP contribution in [0.2, 0.25) is 0 Å². The number of hydrogen-bond donors (Lipinski definition) is 2. The lowest BCUT2D eigenvalue weighted by Gasteiger charge is -2.25. The van der Waals surface area contributed by atoms with E-state index in [0.717, 1.165) is 0 Å². The van der Waals surface area contributed by atoms with Crippen molar-refractivity contribution in [1.29, 1.82) is 0 Å². The van der Waals surface area contributed by atoms with E-state index in [1.165, 1.54) is 4.68 Å². The average Bonchev–Trinajstić information content (AvgIpc) is 2.51. The monoisotopic (exact) mass is 331 g/mol. The Morgan fingerprint density at radius 2 is 1.83 bits per heavy atom. The Morgan fingerprint density at radius 3 is 2.38 bits per heavy atom. The van der Waals surface area contributed by atoms with Gasteiger partial charge in [-0.1, -0.05) is 39.0 Å². The highest BCUT2D eigenvalue weighted by Crippen LogP contribution is 2.19. The smallest absolute Gasteiger partial charge is 0.274 e. The topological polar surface area (TPSA) is 84.2 Å². The van der Waals surface area contributed by atoms with Crippen LogP contribution >= 0.6 is 0 Å². The normalized spacial score (nSPS) is 13.3. The van der Waals surface area contributed by atoms with Gasteiger partial charge in [0.05, 0.1) is 17.5 Å². The third-order valence-corrected chi connectivity index (χ3v) is 3.99. The Labute approximate surface area is 141 Å². The van der Waals surface area contributed by atoms with E-state index < -0.39 is 12.0 Å². The number of nitrogens with one attached hydrogen (secondary N) is 1. The van der Waals surface area contributed by atoms with Crippen LogP contribution in [0.1, 0.15) is 51.1 Å². The van der Waals surface area contributed by atoms with Gasteiger partial charge in [0.2, 0.25) is 0 Å². The highest BCUT2D eigenvalue weighted by Gasteiger charge is 2.24. The van der Waals surface area contributed by atoms with E-state index in [0.29, 0.717) is 10.8 Å². The van der Waals surface area contributed by atoms with Gasteiger partial charge in [0.25, 0.3) is 11.5 Å². The molecule has 0 spiro atoms. The molecule has 1 heterocycles. The minimum atomic E-state index is -0.677. The first kappa shape index (κ1) is 18.1. The first-order valence-electron chi connectivity index (χ1n) is 8.10. The summed E-state index contributed by atoms with van der Waals surface area (Å²) in [6.07, 6.45) is -0.677. The number of nitrogens with zero attached hydrogens (tertiary/aromatic N) is 2. The van der Waals surface area contributed by atoms with Crippen LogP contribution < -0.4 is 10.9 Å². The molecule has 1 atom stereocenters. The maximum atomic E-state index is 12.6. The lowest BCUT2D eigenvalue weighted by molar-refractivity contribution is 0.0585. The molecular formula is C18H25N3O3. The second-order valence-electron chi connectivity index (χ2n) is 7.33. The standard InChI is InChI=1S/C18H25N3O3/c1-11(2)21-17(24)13-9-7-6-8-12(13)15(20-21)16(23)19-10-14(22)18(3,4)5/h6-9,11,14,22H,10H2,1-5H3,(H,19,23). The van der Waals surface area contributed by atoms with Gasteiger partial charge in [0.15, 0.2) is 5.69 Å². The van der Waals surface area contributed by atoms with Gasteiger partial charge in [-0.25, -0.2) is 4.68 Å². The summed E-state index contributed by atoms with van der Waals surface area (Å²) in [4.78, 5) is 25.0. The molecule has 1 unspecified atom stereocenters. The highest BCUT2D eigenvalue weighted by atomic mass is 16.3. The van der Waals surface area contributed by atoms with Crippen molar-refractivity contribution >= 4 is 16.7 Å². The average molecular weight is 331 g/mol. The first-order chi connectivity index (χ1) is 11.1. The second-order valence-corrected chi connectivity index (χ2v) is 7.33. The fourth-order valence-electron chi connectivity index (χ4n) is 2.30. The third kappa shape index (κ3) is 3.64. The number of rotatable bonds is 4. The molecular weight excluding hydrogens is 306 g/mol. The summed E-state index contributed by atoms with van der Waals surface area (Å²) in [6.45, 7) is 9.50. The van der Waals surface area contributed by atoms with Crippen molar-refractivity contribution in [2.75, 3.05) is 6.54 Å². The van der Waals surface area contributed by atoms with Crippen LogP contribution in [0.15, 0.2) is 29.1 Å². The number of carbonyl (C=O) groups excluding carboxylic acids is 1. The lowest BCUT2D eigenvalue weighted by atomic mass is 9.89. The predicted octanol–water partition coefficient (Wildman–Crippen LogP) is 2.11. The molecule has 1 aromatic carbocycles. The zero-order chi connectivity index (χ0) is 18.1. The molecule has 24 heavy (non-hydrogen) atoms. The number of carbonyl (C=O) groups is 1. The molecule has 0 bridgehead atoms. The fraction of sp³-hybridized carbons (Fsp3) is 0.500. The van der Waals surface area contributed by atoms with Gasteiger partial charge in [0, 0.05) is 11.9 Å². The van der Waals surface area contributed by atoms with E-state index in [1.54, 1.807) is 24.3 Å². The van der Waals surface area contributed by atoms with Gasteiger partial charge in [0.1, 0.15) is 0 Å². The van der Waals surface area contributed by atoms with Gasteiger partial charge in [-0.2, -0.15) is 5.10 Å². The van der Waals surface area contributed by atoms with E-state index in [1.807, 2.05) is 34.6 Å². The van der Waals surface area contributed by atoms with Crippen LogP contribution in [0.25, 0.3) is 10.8 Å². The number of aliphatic hydroxyl groups excluding tert-OH is 1. The van der Waals surface area contributed by atoms with Gasteiger partial charge in [-0.05, 0) is 25.3 Å². The minimum absolute atomic E-state index is 0.124. The second kappa shape index (κ2) is 6.73. The SMILES string of the molecule is CC(C)n1nc(C(=O)NCC(O)C(C)(C)C)c2ccccc2c1=O. The number of fused-ring (bicyclic) bond motifs is 1. The van der Waals surface area contributed by atoms with Gasteiger partial charge >= 0.3 is 0 Å². The molecule has 0 fully saturated rings. The number of aliphatic hydroxyl groups is 1. The van der Waals surface area contributed by atoms with Crippen LogP contribution in [-0.4, -0.2) is 33.4 Å². The largest absolute Gasteiger partial charge is 0.391 e. The number of benzene rings is 1. The molecule has 0 saturated heterocycles. The molecule has 0 saturated carbocycles. The van der Waals surface area contributed by atoms with E-state index in [9.17, 15) is 14.7 Å². The number of aromatic nitrogens is 2. The van der Waals surface area contributed by atoms with Crippen molar-refractivity contribution in [2.45, 2.75) is 46.8 Å². The molecule has 6 nitrogen and oxygen atoms in total. The molecule has 1 amide bonds. The van der Waals surface area contributed by atoms with Crippen LogP contribution in [0.5, 0.6) is 0 Å². The molecule has 2 aromatic rings. The van der Waals surface area contributed by atoms with Gasteiger partial charge in [-0.3, -0.25) is 9.59 Å². The van der Waals surface area contributed by atoms with Crippen LogP contribution in [0.3, 0.4) is 0 Å². The number of amides is 1. The van der Waals surface area contributed by atoms with Gasteiger partial charge < -0.3 is 10.4 Å². The summed E-state index contributed by atoms with van der Waals surface area (Å²) >= 11 is 0. The molecule has 2 N–H and O–H groups in total. The summed E-state index contributed by atoms with van der Waals surface area (Å²) in [6, 6.07) is 6.78. The summed E-state index contributed by atoms with van der Waals surface area (Å²) < 4.78 is 1.32. The Bertz CT molecular complexity index is 803. The molecule has 0 aliphatic heterocycles. The summed E-state index contributed by atoms with van der Waals surface area (Å²) in [5.74, 6) is -0.399. The van der Waals surface area contributed by atoms with Crippen LogP contribution in [0, 0.1) is 5.41 Å². The van der Waals surface area contributed by atoms with Crippen LogP contribution in [-0.2, 0) is 0 Å².